The third kappa shape index (κ3) is 4.53. The van der Waals surface area contributed by atoms with Crippen LogP contribution in [-0.2, 0) is 16.6 Å². The fraction of sp³-hybridized carbons (Fsp3) is 0.111. The third-order valence-electron chi connectivity index (χ3n) is 6.34. The molecule has 0 spiro atoms. The highest BCUT2D eigenvalue weighted by Crippen LogP contribution is 2.34. The molecule has 0 unspecified atom stereocenters. The molecule has 6 aromatic rings. The van der Waals surface area contributed by atoms with Gasteiger partial charge >= 0.3 is 0 Å². The first-order valence-corrected chi connectivity index (χ1v) is 13.6. The van der Waals surface area contributed by atoms with Crippen molar-refractivity contribution < 1.29 is 12.8 Å². The Kier molecular flexibility index (Phi) is 5.73. The van der Waals surface area contributed by atoms with Gasteiger partial charge in [-0.3, -0.25) is 20.1 Å². The van der Waals surface area contributed by atoms with Crippen molar-refractivity contribution in [3.05, 3.63) is 84.2 Å². The lowest BCUT2D eigenvalue weighted by atomic mass is 10.0. The molecule has 190 valence electrons. The molecule has 0 saturated carbocycles. The number of sulfonamides is 1. The van der Waals surface area contributed by atoms with Gasteiger partial charge in [0.2, 0.25) is 10.0 Å². The summed E-state index contributed by atoms with van der Waals surface area (Å²) in [5.74, 6) is -0.480. The molecule has 0 amide bonds. The summed E-state index contributed by atoms with van der Waals surface area (Å²) in [6, 6.07) is 12.1. The number of aromatic amines is 2. The average molecular weight is 528 g/mol. The first kappa shape index (κ1) is 23.9. The van der Waals surface area contributed by atoms with E-state index in [1.807, 2.05) is 31.2 Å². The molecule has 6 rings (SSSR count). The van der Waals surface area contributed by atoms with Crippen LogP contribution in [0.25, 0.3) is 55.7 Å². The van der Waals surface area contributed by atoms with Crippen molar-refractivity contribution >= 4 is 31.8 Å². The number of nitrogens with zero attached hydrogens (tertiary/aromatic N) is 4. The maximum Gasteiger partial charge on any atom is 0.209 e. The van der Waals surface area contributed by atoms with Crippen LogP contribution in [0.1, 0.15) is 11.1 Å². The fourth-order valence-electron chi connectivity index (χ4n) is 4.52. The molecule has 38 heavy (non-hydrogen) atoms. The predicted octanol–water partition coefficient (Wildman–Crippen LogP) is 4.73. The Labute approximate surface area is 217 Å². The van der Waals surface area contributed by atoms with E-state index in [4.69, 9.17) is 0 Å². The number of aromatic nitrogens is 6. The highest BCUT2D eigenvalue weighted by atomic mass is 32.2. The van der Waals surface area contributed by atoms with Gasteiger partial charge in [-0.1, -0.05) is 0 Å². The Balaban J connectivity index is 1.44. The predicted molar refractivity (Wildman–Crippen MR) is 144 cm³/mol. The Morgan fingerprint density at radius 1 is 0.947 bits per heavy atom. The van der Waals surface area contributed by atoms with Gasteiger partial charge in [-0.15, -0.1) is 0 Å². The van der Waals surface area contributed by atoms with E-state index in [1.165, 1.54) is 12.1 Å². The minimum Gasteiger partial charge on any atom is -0.353 e. The van der Waals surface area contributed by atoms with Gasteiger partial charge in [-0.05, 0) is 60.5 Å². The zero-order chi connectivity index (χ0) is 26.4. The number of rotatable bonds is 6. The molecule has 0 aliphatic carbocycles. The molecular weight excluding hydrogens is 505 g/mol. The van der Waals surface area contributed by atoms with E-state index in [1.54, 1.807) is 30.9 Å². The molecule has 1 aromatic carbocycles. The summed E-state index contributed by atoms with van der Waals surface area (Å²) in [6.45, 7) is 1.99. The maximum atomic E-state index is 14.5. The van der Waals surface area contributed by atoms with Crippen molar-refractivity contribution in [1.29, 1.82) is 0 Å². The lowest BCUT2D eigenvalue weighted by Crippen LogP contribution is -2.21. The van der Waals surface area contributed by atoms with E-state index < -0.39 is 15.8 Å². The summed E-state index contributed by atoms with van der Waals surface area (Å²) in [5.41, 5.74) is 7.46. The number of hydrogen-bond donors (Lipinski definition) is 3. The van der Waals surface area contributed by atoms with Gasteiger partial charge in [0.1, 0.15) is 11.5 Å². The molecule has 0 aliphatic heterocycles. The standard InChI is InChI=1S/C27H22FN7O2S/c1-15-3-5-29-13-21(15)23-10-20-25(14-31-23)34-35-27(20)24-11-19-22(33-24)4-6-30-26(19)17-7-16(8-18(28)9-17)12-32-38(2,36)37/h3-11,13-14,32-33H,12H2,1-2H3,(H,34,35). The van der Waals surface area contributed by atoms with Gasteiger partial charge in [0.25, 0.3) is 0 Å². The zero-order valence-corrected chi connectivity index (χ0v) is 21.3. The largest absolute Gasteiger partial charge is 0.353 e. The van der Waals surface area contributed by atoms with Gasteiger partial charge in [0, 0.05) is 52.6 Å². The Hall–Kier alpha value is -4.48. The lowest BCUT2D eigenvalue weighted by molar-refractivity contribution is 0.586. The van der Waals surface area contributed by atoms with Crippen LogP contribution >= 0.6 is 0 Å². The van der Waals surface area contributed by atoms with Crippen LogP contribution in [0.4, 0.5) is 4.39 Å². The van der Waals surface area contributed by atoms with E-state index in [9.17, 15) is 12.8 Å². The number of H-pyrrole nitrogens is 2. The van der Waals surface area contributed by atoms with Crippen LogP contribution in [0.2, 0.25) is 0 Å². The van der Waals surface area contributed by atoms with Gasteiger partial charge in [0.05, 0.1) is 35.1 Å². The molecule has 5 aromatic heterocycles. The SMILES string of the molecule is Cc1ccncc1-c1cc2c(-c3cc4c(-c5cc(F)cc(CNS(C)(=O)=O)c5)nccc4[nH]3)n[nH]c2cn1. The maximum absolute atomic E-state index is 14.5. The number of benzene rings is 1. The molecule has 0 aliphatic rings. The highest BCUT2D eigenvalue weighted by molar-refractivity contribution is 7.88. The van der Waals surface area contributed by atoms with E-state index in [0.29, 0.717) is 22.5 Å². The van der Waals surface area contributed by atoms with Crippen LogP contribution in [0.3, 0.4) is 0 Å². The van der Waals surface area contributed by atoms with Gasteiger partial charge in [-0.25, -0.2) is 17.5 Å². The van der Waals surface area contributed by atoms with Gasteiger partial charge in [0.15, 0.2) is 0 Å². The first-order chi connectivity index (χ1) is 18.2. The van der Waals surface area contributed by atoms with Crippen LogP contribution in [0.15, 0.2) is 67.3 Å². The minimum absolute atomic E-state index is 0.0238. The van der Waals surface area contributed by atoms with Crippen molar-refractivity contribution in [2.45, 2.75) is 13.5 Å². The summed E-state index contributed by atoms with van der Waals surface area (Å²) in [7, 11) is -3.42. The van der Waals surface area contributed by atoms with Crippen LogP contribution in [0.5, 0.6) is 0 Å². The van der Waals surface area contributed by atoms with E-state index in [-0.39, 0.29) is 6.54 Å². The number of pyridine rings is 3. The number of halogens is 1. The molecule has 0 atom stereocenters. The molecular formula is C27H22FN7O2S. The summed E-state index contributed by atoms with van der Waals surface area (Å²) < 4.78 is 39.9. The summed E-state index contributed by atoms with van der Waals surface area (Å²) in [6.07, 6.45) is 8.01. The summed E-state index contributed by atoms with van der Waals surface area (Å²) in [5, 5.41) is 9.25. The molecule has 0 radical (unpaired) electrons. The topological polar surface area (TPSA) is 129 Å². The number of nitrogens with one attached hydrogen (secondary N) is 3. The second-order valence-electron chi connectivity index (χ2n) is 9.12. The molecule has 9 nitrogen and oxygen atoms in total. The van der Waals surface area contributed by atoms with Crippen molar-refractivity contribution in [2.24, 2.45) is 0 Å². The summed E-state index contributed by atoms with van der Waals surface area (Å²) in [4.78, 5) is 16.7. The molecule has 0 bridgehead atoms. The lowest BCUT2D eigenvalue weighted by Gasteiger charge is -2.08. The monoisotopic (exact) mass is 527 g/mol. The van der Waals surface area contributed by atoms with Crippen molar-refractivity contribution in [2.75, 3.05) is 6.26 Å². The molecule has 11 heteroatoms. The summed E-state index contributed by atoms with van der Waals surface area (Å²) >= 11 is 0. The first-order valence-electron chi connectivity index (χ1n) is 11.7. The number of fused-ring (bicyclic) bond motifs is 2. The third-order valence-corrected chi connectivity index (χ3v) is 7.00. The smallest absolute Gasteiger partial charge is 0.209 e. The second kappa shape index (κ2) is 9.12. The Bertz CT molecular complexity index is 1950. The normalized spacial score (nSPS) is 12.0. The molecule has 0 fully saturated rings. The van der Waals surface area contributed by atoms with Gasteiger partial charge in [-0.2, -0.15) is 5.10 Å². The fourth-order valence-corrected chi connectivity index (χ4v) is 4.95. The van der Waals surface area contributed by atoms with Crippen molar-refractivity contribution in [3.8, 4) is 33.9 Å². The van der Waals surface area contributed by atoms with Crippen LogP contribution in [0, 0.1) is 12.7 Å². The zero-order valence-electron chi connectivity index (χ0n) is 20.4. The number of aryl methyl sites for hydroxylation is 1. The second-order valence-corrected chi connectivity index (χ2v) is 11.0. The average Bonchev–Trinajstić information content (AvgIpc) is 3.50. The van der Waals surface area contributed by atoms with Crippen LogP contribution in [-0.4, -0.2) is 44.8 Å². The quantitative estimate of drug-likeness (QED) is 0.287. The Morgan fingerprint density at radius 3 is 2.61 bits per heavy atom. The van der Waals surface area contributed by atoms with E-state index in [2.05, 4.69) is 34.9 Å². The van der Waals surface area contributed by atoms with Crippen LogP contribution < -0.4 is 4.72 Å². The van der Waals surface area contributed by atoms with Crippen molar-refractivity contribution in [3.63, 3.8) is 0 Å². The van der Waals surface area contributed by atoms with Crippen molar-refractivity contribution in [1.82, 2.24) is 34.9 Å². The minimum atomic E-state index is -3.42. The molecule has 0 saturated heterocycles. The highest BCUT2D eigenvalue weighted by Gasteiger charge is 2.17. The molecule has 3 N–H and O–H groups in total. The van der Waals surface area contributed by atoms with Gasteiger partial charge < -0.3 is 4.98 Å². The van der Waals surface area contributed by atoms with E-state index >= 15 is 0 Å². The molecule has 5 heterocycles. The van der Waals surface area contributed by atoms with E-state index in [0.717, 1.165) is 50.6 Å². The number of hydrogen-bond acceptors (Lipinski definition) is 6. The Morgan fingerprint density at radius 2 is 1.79 bits per heavy atom.